The predicted molar refractivity (Wildman–Crippen MR) is 34.5 cm³/mol. The Kier molecular flexibility index (Phi) is 4.13. The van der Waals surface area contributed by atoms with Crippen molar-refractivity contribution in [1.29, 1.82) is 0 Å². The summed E-state index contributed by atoms with van der Waals surface area (Å²) in [6.07, 6.45) is -8.78. The second kappa shape index (κ2) is 4.02. The van der Waals surface area contributed by atoms with Crippen LogP contribution in [-0.4, -0.2) is 19.0 Å². The van der Waals surface area contributed by atoms with E-state index in [9.17, 15) is 26.3 Å². The Bertz CT molecular complexity index is 191. The molecule has 0 aliphatic rings. The maximum Gasteiger partial charge on any atom is 0.432 e. The summed E-state index contributed by atoms with van der Waals surface area (Å²) in [4.78, 5) is 0. The summed E-state index contributed by atoms with van der Waals surface area (Å²) >= 11 is 1.77. The largest absolute Gasteiger partial charge is 0.432 e. The molecule has 9 heteroatoms. The zero-order valence-electron chi connectivity index (χ0n) is 5.32. The number of halogens is 6. The lowest BCUT2D eigenvalue weighted by molar-refractivity contribution is -0.148. The number of alkyl halides is 4. The van der Waals surface area contributed by atoms with E-state index in [1.54, 1.807) is 15.5 Å². The minimum absolute atomic E-state index is 1.77. The summed E-state index contributed by atoms with van der Waals surface area (Å²) in [7, 11) is 0. The van der Waals surface area contributed by atoms with Gasteiger partial charge >= 0.3 is 18.7 Å². The average Bonchev–Trinajstić information content (AvgIpc) is 1.82. The normalized spacial score (nSPS) is 17.9. The molecule has 0 aromatic carbocycles. The van der Waals surface area contributed by atoms with Gasteiger partial charge < -0.3 is 0 Å². The smallest absolute Gasteiger partial charge is 0.291 e. The van der Waals surface area contributed by atoms with Gasteiger partial charge in [-0.2, -0.15) is 8.78 Å². The molecule has 0 fully saturated rings. The first-order valence-electron chi connectivity index (χ1n) is 2.45. The Morgan fingerprint density at radius 3 is 2.17 bits per heavy atom. The van der Waals surface area contributed by atoms with E-state index in [-0.39, 0.29) is 0 Å². The molecule has 12 heavy (non-hydrogen) atoms. The highest BCUT2D eigenvalue weighted by atomic mass is 79.9. The van der Waals surface area contributed by atoms with Gasteiger partial charge in [0, 0.05) is 0 Å². The summed E-state index contributed by atoms with van der Waals surface area (Å²) < 4.78 is 71.6. The molecule has 0 saturated carbocycles. The highest BCUT2D eigenvalue weighted by Crippen LogP contribution is 2.57. The fourth-order valence-corrected chi connectivity index (χ4v) is 0.854. The molecule has 1 atom stereocenters. The second-order valence-electron chi connectivity index (χ2n) is 1.75. The summed E-state index contributed by atoms with van der Waals surface area (Å²) in [5.74, 6) is -4.49. The molecule has 0 saturated heterocycles. The molecular weight excluding hydrogens is 274 g/mol. The Hall–Kier alpha value is 0.320. The van der Waals surface area contributed by atoms with Crippen molar-refractivity contribution in [2.45, 2.75) is 12.3 Å². The van der Waals surface area contributed by atoms with Crippen LogP contribution in [0.2, 0.25) is 0 Å². The second-order valence-corrected chi connectivity index (χ2v) is 5.38. The van der Waals surface area contributed by atoms with Crippen molar-refractivity contribution >= 4 is 21.9 Å². The van der Waals surface area contributed by atoms with Gasteiger partial charge in [0.25, 0.3) is 0 Å². The van der Waals surface area contributed by atoms with Crippen molar-refractivity contribution in [3.63, 3.8) is 0 Å². The van der Waals surface area contributed by atoms with Crippen LogP contribution in [0.25, 0.3) is 0 Å². The molecule has 0 aliphatic heterocycles. The van der Waals surface area contributed by atoms with Crippen LogP contribution in [0.4, 0.5) is 21.8 Å². The first-order valence-corrected chi connectivity index (χ1v) is 5.98. The van der Waals surface area contributed by atoms with Gasteiger partial charge in [-0.05, 0) is 0 Å². The first kappa shape index (κ1) is 12.3. The molecule has 0 spiro atoms. The molecule has 0 rings (SSSR count). The maximum atomic E-state index is 11.9. The fraction of sp³-hybridized carbons (Fsp3) is 1.00. The third-order valence-corrected chi connectivity index (χ3v) is 1.77. The minimum Gasteiger partial charge on any atom is -0.291 e. The summed E-state index contributed by atoms with van der Waals surface area (Å²) in [6.45, 7) is -1.93. The topological polar surface area (TPSA) is 26.3 Å². The predicted octanol–water partition coefficient (Wildman–Crippen LogP) is 3.38. The van der Waals surface area contributed by atoms with E-state index < -0.39 is 25.3 Å². The molecular formula is C3H3BrF5O2P. The Balaban J connectivity index is 4.01. The van der Waals surface area contributed by atoms with Crippen LogP contribution < -0.4 is 0 Å². The monoisotopic (exact) mass is 276 g/mol. The molecule has 0 aromatic heterocycles. The van der Waals surface area contributed by atoms with E-state index in [2.05, 4.69) is 4.52 Å². The molecule has 0 amide bonds. The van der Waals surface area contributed by atoms with Gasteiger partial charge in [0.1, 0.15) is 6.61 Å². The van der Waals surface area contributed by atoms with Gasteiger partial charge in [0.2, 0.25) is 0 Å². The van der Waals surface area contributed by atoms with Crippen LogP contribution >= 0.6 is 21.9 Å². The molecule has 0 aliphatic carbocycles. The van der Waals surface area contributed by atoms with E-state index in [0.29, 0.717) is 0 Å². The standard InChI is InChI=1S/C3H3BrF5O2P/c4-12(9,10)11-1-3(7,8)2(5)6/h2H,1H2. The van der Waals surface area contributed by atoms with E-state index in [1.807, 2.05) is 0 Å². The first-order chi connectivity index (χ1) is 5.15. The Labute approximate surface area is 72.4 Å². The zero-order chi connectivity index (χ0) is 9.99. The van der Waals surface area contributed by atoms with Crippen molar-refractivity contribution in [2.75, 3.05) is 6.61 Å². The van der Waals surface area contributed by atoms with E-state index in [4.69, 9.17) is 0 Å². The molecule has 0 heterocycles. The molecule has 0 bridgehead atoms. The van der Waals surface area contributed by atoms with Gasteiger partial charge in [-0.1, -0.05) is 0 Å². The lowest BCUT2D eigenvalue weighted by Gasteiger charge is -2.14. The highest BCUT2D eigenvalue weighted by molar-refractivity contribution is 9.39. The zero-order valence-corrected chi connectivity index (χ0v) is 7.80. The Morgan fingerprint density at radius 1 is 1.50 bits per heavy atom. The Morgan fingerprint density at radius 2 is 1.92 bits per heavy atom. The molecule has 1 unspecified atom stereocenters. The third-order valence-electron chi connectivity index (χ3n) is 0.727. The van der Waals surface area contributed by atoms with Crippen LogP contribution in [0.3, 0.4) is 0 Å². The lowest BCUT2D eigenvalue weighted by atomic mass is 10.4. The minimum atomic E-state index is -4.80. The maximum absolute atomic E-state index is 11.9. The molecule has 74 valence electrons. The van der Waals surface area contributed by atoms with E-state index in [0.717, 1.165) is 0 Å². The summed E-state index contributed by atoms with van der Waals surface area (Å²) in [5, 5.41) is 0. The molecule has 0 aromatic rings. The summed E-state index contributed by atoms with van der Waals surface area (Å²) in [5.41, 5.74) is 0. The fourth-order valence-electron chi connectivity index (χ4n) is 0.224. The van der Waals surface area contributed by atoms with Crippen LogP contribution in [0.5, 0.6) is 0 Å². The SMILES string of the molecule is O=P(F)(Br)OCC(F)(F)C(F)F. The van der Waals surface area contributed by atoms with Crippen LogP contribution in [0.15, 0.2) is 0 Å². The van der Waals surface area contributed by atoms with Crippen LogP contribution in [0, 0.1) is 0 Å². The van der Waals surface area contributed by atoms with Gasteiger partial charge in [0.05, 0.1) is 15.5 Å². The quantitative estimate of drug-likeness (QED) is 0.581. The lowest BCUT2D eigenvalue weighted by Crippen LogP contribution is -2.31. The molecule has 0 N–H and O–H groups in total. The van der Waals surface area contributed by atoms with Gasteiger partial charge in [-0.25, -0.2) is 13.3 Å². The highest BCUT2D eigenvalue weighted by Gasteiger charge is 2.42. The molecule has 0 radical (unpaired) electrons. The van der Waals surface area contributed by atoms with Crippen molar-refractivity contribution in [3.8, 4) is 0 Å². The van der Waals surface area contributed by atoms with Crippen LogP contribution in [-0.2, 0) is 9.09 Å². The number of hydrogen-bond donors (Lipinski definition) is 0. The number of rotatable bonds is 4. The van der Waals surface area contributed by atoms with E-state index in [1.165, 1.54) is 0 Å². The number of hydrogen-bond acceptors (Lipinski definition) is 2. The van der Waals surface area contributed by atoms with Crippen molar-refractivity contribution < 1.29 is 30.8 Å². The molecule has 2 nitrogen and oxygen atoms in total. The third kappa shape index (κ3) is 5.05. The average molecular weight is 277 g/mol. The van der Waals surface area contributed by atoms with Crippen LogP contribution in [0.1, 0.15) is 0 Å². The van der Waals surface area contributed by atoms with Crippen molar-refractivity contribution in [2.24, 2.45) is 0 Å². The van der Waals surface area contributed by atoms with E-state index >= 15 is 0 Å². The van der Waals surface area contributed by atoms with Gasteiger partial charge in [0.15, 0.2) is 0 Å². The van der Waals surface area contributed by atoms with Gasteiger partial charge in [-0.15, -0.1) is 4.20 Å². The van der Waals surface area contributed by atoms with Gasteiger partial charge in [-0.3, -0.25) is 4.52 Å². The van der Waals surface area contributed by atoms with Crippen molar-refractivity contribution in [3.05, 3.63) is 0 Å². The summed E-state index contributed by atoms with van der Waals surface area (Å²) in [6, 6.07) is 0. The van der Waals surface area contributed by atoms with Crippen molar-refractivity contribution in [1.82, 2.24) is 0 Å².